The van der Waals surface area contributed by atoms with Crippen molar-refractivity contribution >= 4 is 11.8 Å². The maximum atomic E-state index is 11.2. The first-order valence-electron chi connectivity index (χ1n) is 6.98. The van der Waals surface area contributed by atoms with Crippen LogP contribution in [-0.2, 0) is 11.2 Å². The average Bonchev–Trinajstić information content (AvgIpc) is 2.45. The molecule has 2 atom stereocenters. The highest BCUT2D eigenvalue weighted by atomic mass is 16.4. The van der Waals surface area contributed by atoms with Gasteiger partial charge in [0.15, 0.2) is 0 Å². The van der Waals surface area contributed by atoms with Crippen LogP contribution in [0.2, 0.25) is 0 Å². The minimum atomic E-state index is -0.663. The van der Waals surface area contributed by atoms with E-state index in [0.29, 0.717) is 6.54 Å². The van der Waals surface area contributed by atoms with Crippen molar-refractivity contribution in [3.05, 3.63) is 18.1 Å². The molecule has 0 spiro atoms. The largest absolute Gasteiger partial charge is 0.481 e. The molecule has 0 aromatic carbocycles. The summed E-state index contributed by atoms with van der Waals surface area (Å²) in [7, 11) is 0. The highest BCUT2D eigenvalue weighted by Crippen LogP contribution is 2.30. The number of carbonyl (C=O) groups is 1. The Hall–Kier alpha value is -1.65. The maximum Gasteiger partial charge on any atom is 0.306 e. The number of hydrogen-bond acceptors (Lipinski definition) is 4. The molecule has 1 fully saturated rings. The Labute approximate surface area is 113 Å². The highest BCUT2D eigenvalue weighted by molar-refractivity contribution is 5.70. The third-order valence-corrected chi connectivity index (χ3v) is 3.86. The standard InChI is InChI=1S/C14H21N3O2/c1-2-11-7-13(17-9-16-11)15-8-10-5-3-4-6-12(10)14(18)19/h7,9-10,12H,2-6,8H2,1H3,(H,18,19)(H,15,16,17). The molecule has 2 N–H and O–H groups in total. The van der Waals surface area contributed by atoms with E-state index in [4.69, 9.17) is 0 Å². The van der Waals surface area contributed by atoms with Crippen LogP contribution >= 0.6 is 0 Å². The van der Waals surface area contributed by atoms with Gasteiger partial charge in [0, 0.05) is 18.3 Å². The molecule has 1 heterocycles. The number of rotatable bonds is 5. The quantitative estimate of drug-likeness (QED) is 0.852. The molecule has 5 heteroatoms. The van der Waals surface area contributed by atoms with Crippen LogP contribution in [0.5, 0.6) is 0 Å². The number of carboxylic acids is 1. The molecular formula is C14H21N3O2. The van der Waals surface area contributed by atoms with Crippen molar-refractivity contribution in [2.24, 2.45) is 11.8 Å². The third-order valence-electron chi connectivity index (χ3n) is 3.86. The van der Waals surface area contributed by atoms with E-state index >= 15 is 0 Å². The molecule has 0 bridgehead atoms. The fourth-order valence-electron chi connectivity index (χ4n) is 2.70. The van der Waals surface area contributed by atoms with Gasteiger partial charge in [-0.3, -0.25) is 4.79 Å². The van der Waals surface area contributed by atoms with Crippen molar-refractivity contribution < 1.29 is 9.90 Å². The van der Waals surface area contributed by atoms with Gasteiger partial charge in [0.2, 0.25) is 0 Å². The number of nitrogens with one attached hydrogen (secondary N) is 1. The van der Waals surface area contributed by atoms with Gasteiger partial charge in [-0.1, -0.05) is 19.8 Å². The van der Waals surface area contributed by atoms with Gasteiger partial charge < -0.3 is 10.4 Å². The van der Waals surface area contributed by atoms with Crippen LogP contribution in [0.1, 0.15) is 38.3 Å². The lowest BCUT2D eigenvalue weighted by Crippen LogP contribution is -2.31. The first kappa shape index (κ1) is 13.8. The van der Waals surface area contributed by atoms with Gasteiger partial charge in [-0.2, -0.15) is 0 Å². The lowest BCUT2D eigenvalue weighted by Gasteiger charge is -2.28. The zero-order valence-electron chi connectivity index (χ0n) is 11.3. The minimum absolute atomic E-state index is 0.200. The second-order valence-corrected chi connectivity index (χ2v) is 5.12. The molecule has 2 rings (SSSR count). The fourth-order valence-corrected chi connectivity index (χ4v) is 2.70. The summed E-state index contributed by atoms with van der Waals surface area (Å²) in [5, 5.41) is 12.5. The summed E-state index contributed by atoms with van der Waals surface area (Å²) in [6.07, 6.45) is 6.36. The van der Waals surface area contributed by atoms with Gasteiger partial charge in [-0.05, 0) is 25.2 Å². The van der Waals surface area contributed by atoms with Crippen molar-refractivity contribution in [3.8, 4) is 0 Å². The Morgan fingerprint density at radius 2 is 2.21 bits per heavy atom. The second kappa shape index (κ2) is 6.50. The van der Waals surface area contributed by atoms with Gasteiger partial charge in [0.1, 0.15) is 12.1 Å². The normalized spacial score (nSPS) is 23.0. The summed E-state index contributed by atoms with van der Waals surface area (Å²) in [6, 6.07) is 1.93. The number of carboxylic acid groups (broad SMARTS) is 1. The van der Waals surface area contributed by atoms with Crippen molar-refractivity contribution in [2.75, 3.05) is 11.9 Å². The second-order valence-electron chi connectivity index (χ2n) is 5.12. The van der Waals surface area contributed by atoms with Crippen LogP contribution in [0.4, 0.5) is 5.82 Å². The van der Waals surface area contributed by atoms with Crippen molar-refractivity contribution in [2.45, 2.75) is 39.0 Å². The molecular weight excluding hydrogens is 242 g/mol. The molecule has 0 saturated heterocycles. The number of nitrogens with zero attached hydrogens (tertiary/aromatic N) is 2. The summed E-state index contributed by atoms with van der Waals surface area (Å²) >= 11 is 0. The van der Waals surface area contributed by atoms with Gasteiger partial charge in [-0.25, -0.2) is 9.97 Å². The number of anilines is 1. The Kier molecular flexibility index (Phi) is 4.71. The smallest absolute Gasteiger partial charge is 0.306 e. The molecule has 1 aliphatic carbocycles. The summed E-state index contributed by atoms with van der Waals surface area (Å²) in [5.74, 6) is 0.116. The number of aromatic nitrogens is 2. The number of hydrogen-bond donors (Lipinski definition) is 2. The van der Waals surface area contributed by atoms with E-state index in [9.17, 15) is 9.90 Å². The molecule has 1 aliphatic rings. The molecule has 1 aromatic rings. The molecule has 0 aliphatic heterocycles. The van der Waals surface area contributed by atoms with Crippen LogP contribution in [-0.4, -0.2) is 27.6 Å². The summed E-state index contributed by atoms with van der Waals surface area (Å²) in [5.41, 5.74) is 0.996. The molecule has 1 saturated carbocycles. The average molecular weight is 263 g/mol. The predicted molar refractivity (Wildman–Crippen MR) is 73.0 cm³/mol. The van der Waals surface area contributed by atoms with E-state index in [0.717, 1.165) is 43.6 Å². The Morgan fingerprint density at radius 3 is 2.95 bits per heavy atom. The topological polar surface area (TPSA) is 75.1 Å². The molecule has 0 radical (unpaired) electrons. The minimum Gasteiger partial charge on any atom is -0.481 e. The summed E-state index contributed by atoms with van der Waals surface area (Å²) < 4.78 is 0. The SMILES string of the molecule is CCc1cc(NCC2CCCCC2C(=O)O)ncn1. The van der Waals surface area contributed by atoms with Gasteiger partial charge >= 0.3 is 5.97 Å². The highest BCUT2D eigenvalue weighted by Gasteiger charge is 2.30. The first-order chi connectivity index (χ1) is 9.20. The maximum absolute atomic E-state index is 11.2. The van der Waals surface area contributed by atoms with Crippen LogP contribution in [0, 0.1) is 11.8 Å². The summed E-state index contributed by atoms with van der Waals surface area (Å²) in [6.45, 7) is 2.73. The van der Waals surface area contributed by atoms with Crippen LogP contribution < -0.4 is 5.32 Å². The van der Waals surface area contributed by atoms with E-state index in [1.807, 2.05) is 13.0 Å². The van der Waals surface area contributed by atoms with Gasteiger partial charge in [0.25, 0.3) is 0 Å². The van der Waals surface area contributed by atoms with E-state index in [1.54, 1.807) is 6.33 Å². The van der Waals surface area contributed by atoms with Gasteiger partial charge in [-0.15, -0.1) is 0 Å². The first-order valence-corrected chi connectivity index (χ1v) is 6.98. The van der Waals surface area contributed by atoms with Gasteiger partial charge in [0.05, 0.1) is 5.92 Å². The van der Waals surface area contributed by atoms with Crippen molar-refractivity contribution in [3.63, 3.8) is 0 Å². The van der Waals surface area contributed by atoms with Crippen LogP contribution in [0.3, 0.4) is 0 Å². The monoisotopic (exact) mass is 263 g/mol. The van der Waals surface area contributed by atoms with E-state index in [1.165, 1.54) is 0 Å². The third kappa shape index (κ3) is 3.66. The lowest BCUT2D eigenvalue weighted by atomic mass is 9.79. The fraction of sp³-hybridized carbons (Fsp3) is 0.643. The Balaban J connectivity index is 1.94. The molecule has 0 amide bonds. The molecule has 5 nitrogen and oxygen atoms in total. The van der Waals surface area contributed by atoms with Crippen LogP contribution in [0.15, 0.2) is 12.4 Å². The zero-order chi connectivity index (χ0) is 13.7. The zero-order valence-corrected chi connectivity index (χ0v) is 11.3. The Morgan fingerprint density at radius 1 is 1.42 bits per heavy atom. The number of aryl methyl sites for hydroxylation is 1. The molecule has 1 aromatic heterocycles. The molecule has 19 heavy (non-hydrogen) atoms. The van der Waals surface area contributed by atoms with Crippen molar-refractivity contribution in [1.29, 1.82) is 0 Å². The predicted octanol–water partition coefficient (Wildman–Crippen LogP) is 2.34. The Bertz CT molecular complexity index is 436. The van der Waals surface area contributed by atoms with Crippen LogP contribution in [0.25, 0.3) is 0 Å². The van der Waals surface area contributed by atoms with E-state index in [2.05, 4.69) is 15.3 Å². The van der Waals surface area contributed by atoms with Crippen molar-refractivity contribution in [1.82, 2.24) is 9.97 Å². The molecule has 104 valence electrons. The number of aliphatic carboxylic acids is 1. The lowest BCUT2D eigenvalue weighted by molar-refractivity contribution is -0.144. The molecule has 2 unspecified atom stereocenters. The summed E-state index contributed by atoms with van der Waals surface area (Å²) in [4.78, 5) is 19.5. The van der Waals surface area contributed by atoms with E-state index < -0.39 is 5.97 Å². The van der Waals surface area contributed by atoms with E-state index in [-0.39, 0.29) is 11.8 Å².